The molecule has 0 unspecified atom stereocenters. The van der Waals surface area contributed by atoms with Crippen molar-refractivity contribution in [2.75, 3.05) is 0 Å². The molecule has 0 aliphatic heterocycles. The van der Waals surface area contributed by atoms with Gasteiger partial charge < -0.3 is 0 Å². The van der Waals surface area contributed by atoms with Crippen LogP contribution in [0.25, 0.3) is 10.9 Å². The number of rotatable bonds is 1. The topological polar surface area (TPSA) is 62.8 Å². The van der Waals surface area contributed by atoms with E-state index in [1.807, 2.05) is 0 Å². The number of H-pyrrole nitrogens is 1. The van der Waals surface area contributed by atoms with Gasteiger partial charge in [-0.15, -0.1) is 0 Å². The first-order valence-corrected chi connectivity index (χ1v) is 5.74. The fraction of sp³-hybridized carbons (Fsp3) is 0. The molecule has 0 saturated heterocycles. The zero-order chi connectivity index (χ0) is 10.3. The van der Waals surface area contributed by atoms with E-state index in [1.54, 1.807) is 12.1 Å². The summed E-state index contributed by atoms with van der Waals surface area (Å²) in [5.41, 5.74) is 0.407. The molecule has 0 amide bonds. The van der Waals surface area contributed by atoms with E-state index < -0.39 is 15.2 Å². The number of fused-ring (bicyclic) bond motifs is 1. The minimum absolute atomic E-state index is 0.238. The highest BCUT2D eigenvalue weighted by atomic mass is 79.9. The van der Waals surface area contributed by atoms with E-state index >= 15 is 0 Å². The molecule has 2 aromatic rings. The number of nitrogens with zero attached hydrogens (tertiary/aromatic N) is 1. The third-order valence-electron chi connectivity index (χ3n) is 1.72. The summed E-state index contributed by atoms with van der Waals surface area (Å²) in [6, 6.07) is 4.77. The fourth-order valence-corrected chi connectivity index (χ4v) is 2.09. The summed E-state index contributed by atoms with van der Waals surface area (Å²) in [6.07, 6.45) is 0. The molecule has 0 radical (unpaired) electrons. The Morgan fingerprint density at radius 3 is 2.79 bits per heavy atom. The van der Waals surface area contributed by atoms with Crippen molar-refractivity contribution in [2.24, 2.45) is 0 Å². The molecule has 1 heterocycles. The summed E-state index contributed by atoms with van der Waals surface area (Å²) in [4.78, 5) is 0. The Morgan fingerprint density at radius 1 is 1.43 bits per heavy atom. The van der Waals surface area contributed by atoms with Crippen molar-refractivity contribution >= 4 is 37.1 Å². The number of aromatic amines is 1. The predicted molar refractivity (Wildman–Crippen MR) is 52.1 cm³/mol. The molecule has 0 saturated carbocycles. The first-order chi connectivity index (χ1) is 6.48. The number of hydrogen-bond donors (Lipinski definition) is 1. The monoisotopic (exact) mass is 278 g/mol. The molecule has 1 aromatic carbocycles. The van der Waals surface area contributed by atoms with Crippen LogP contribution in [0.1, 0.15) is 0 Å². The van der Waals surface area contributed by atoms with Gasteiger partial charge in [-0.2, -0.15) is 13.5 Å². The van der Waals surface area contributed by atoms with Gasteiger partial charge in [-0.25, -0.2) is 0 Å². The fourth-order valence-electron chi connectivity index (χ4n) is 1.14. The van der Waals surface area contributed by atoms with Crippen LogP contribution in [-0.2, 0) is 10.2 Å². The van der Waals surface area contributed by atoms with Gasteiger partial charge in [-0.3, -0.25) is 5.10 Å². The molecule has 0 bridgehead atoms. The largest absolute Gasteiger partial charge is 0.349 e. The Morgan fingerprint density at radius 2 is 2.14 bits per heavy atom. The third-order valence-corrected chi connectivity index (χ3v) is 3.02. The molecule has 1 aromatic heterocycles. The van der Waals surface area contributed by atoms with Crippen molar-refractivity contribution in [3.8, 4) is 0 Å². The average Bonchev–Trinajstić information content (AvgIpc) is 2.45. The third kappa shape index (κ3) is 1.53. The van der Waals surface area contributed by atoms with Crippen LogP contribution >= 0.6 is 15.9 Å². The second kappa shape index (κ2) is 3.03. The van der Waals surface area contributed by atoms with Crippen molar-refractivity contribution in [3.63, 3.8) is 0 Å². The minimum atomic E-state index is -4.74. The summed E-state index contributed by atoms with van der Waals surface area (Å²) in [5, 5.41) is 5.54. The molecule has 0 atom stereocenters. The number of halogens is 2. The highest BCUT2D eigenvalue weighted by molar-refractivity contribution is 9.10. The lowest BCUT2D eigenvalue weighted by Gasteiger charge is -1.91. The molecule has 4 nitrogen and oxygen atoms in total. The Kier molecular flexibility index (Phi) is 2.07. The average molecular weight is 279 g/mol. The van der Waals surface area contributed by atoms with Gasteiger partial charge in [0.15, 0.2) is 5.03 Å². The van der Waals surface area contributed by atoms with Crippen LogP contribution in [0, 0.1) is 0 Å². The van der Waals surface area contributed by atoms with E-state index in [9.17, 15) is 12.3 Å². The standard InChI is InChI=1S/C7H4BrFN2O2S/c8-4-1-2-6-5(3-4)7(11-10-6)14(9,12)13/h1-3H,(H,10,11). The van der Waals surface area contributed by atoms with Crippen LogP contribution in [0.15, 0.2) is 27.7 Å². The second-order valence-corrected chi connectivity index (χ2v) is 4.85. The summed E-state index contributed by atoms with van der Waals surface area (Å²) >= 11 is 3.16. The first-order valence-electron chi connectivity index (χ1n) is 3.57. The maximum atomic E-state index is 12.7. The number of nitrogens with one attached hydrogen (secondary N) is 1. The summed E-state index contributed by atoms with van der Waals surface area (Å²) < 4.78 is 34.7. The van der Waals surface area contributed by atoms with Gasteiger partial charge in [0.2, 0.25) is 0 Å². The highest BCUT2D eigenvalue weighted by Crippen LogP contribution is 2.24. The van der Waals surface area contributed by atoms with Crippen LogP contribution in [0.3, 0.4) is 0 Å². The van der Waals surface area contributed by atoms with Crippen LogP contribution in [0.2, 0.25) is 0 Å². The zero-order valence-corrected chi connectivity index (χ0v) is 9.06. The maximum Gasteiger partial charge on any atom is 0.349 e. The van der Waals surface area contributed by atoms with Gasteiger partial charge in [0.1, 0.15) is 0 Å². The minimum Gasteiger partial charge on any atom is -0.264 e. The SMILES string of the molecule is O=S(=O)(F)c1[nH]nc2ccc(Br)cc12. The second-order valence-electron chi connectivity index (χ2n) is 2.65. The van der Waals surface area contributed by atoms with Gasteiger partial charge in [0, 0.05) is 9.86 Å². The Labute approximate surface area is 87.5 Å². The van der Waals surface area contributed by atoms with Gasteiger partial charge in [-0.05, 0) is 18.2 Å². The van der Waals surface area contributed by atoms with Crippen LogP contribution in [0.4, 0.5) is 3.89 Å². The number of benzene rings is 1. The van der Waals surface area contributed by atoms with E-state index in [-0.39, 0.29) is 5.39 Å². The van der Waals surface area contributed by atoms with Crippen LogP contribution < -0.4 is 0 Å². The van der Waals surface area contributed by atoms with E-state index in [2.05, 4.69) is 26.1 Å². The van der Waals surface area contributed by atoms with Crippen molar-refractivity contribution in [1.29, 1.82) is 0 Å². The first kappa shape index (κ1) is 9.60. The van der Waals surface area contributed by atoms with Crippen molar-refractivity contribution < 1.29 is 12.3 Å². The lowest BCUT2D eigenvalue weighted by molar-refractivity contribution is 0.548. The molecule has 2 rings (SSSR count). The predicted octanol–water partition coefficient (Wildman–Crippen LogP) is 1.98. The van der Waals surface area contributed by atoms with E-state index in [0.29, 0.717) is 9.99 Å². The van der Waals surface area contributed by atoms with Gasteiger partial charge >= 0.3 is 10.2 Å². The van der Waals surface area contributed by atoms with Crippen molar-refractivity contribution in [1.82, 2.24) is 10.2 Å². The normalized spacial score (nSPS) is 12.1. The highest BCUT2D eigenvalue weighted by Gasteiger charge is 2.18. The molecule has 0 aliphatic carbocycles. The Bertz CT molecular complexity index is 593. The zero-order valence-electron chi connectivity index (χ0n) is 6.66. The summed E-state index contributed by atoms with van der Waals surface area (Å²) in [6.45, 7) is 0. The maximum absolute atomic E-state index is 12.7. The van der Waals surface area contributed by atoms with E-state index in [4.69, 9.17) is 0 Å². The van der Waals surface area contributed by atoms with Gasteiger partial charge in [0.25, 0.3) is 0 Å². The van der Waals surface area contributed by atoms with Crippen molar-refractivity contribution in [2.45, 2.75) is 5.03 Å². The molecular weight excluding hydrogens is 275 g/mol. The lowest BCUT2D eigenvalue weighted by atomic mass is 10.3. The molecular formula is C7H4BrFN2O2S. The van der Waals surface area contributed by atoms with Gasteiger partial charge in [0.05, 0.1) is 5.52 Å². The van der Waals surface area contributed by atoms with E-state index in [1.165, 1.54) is 6.07 Å². The molecule has 0 aliphatic rings. The molecule has 1 N–H and O–H groups in total. The van der Waals surface area contributed by atoms with E-state index in [0.717, 1.165) is 0 Å². The molecule has 7 heteroatoms. The quantitative estimate of drug-likeness (QED) is 0.812. The smallest absolute Gasteiger partial charge is 0.264 e. The van der Waals surface area contributed by atoms with Crippen LogP contribution in [-0.4, -0.2) is 18.6 Å². The number of aromatic nitrogens is 2. The molecule has 14 heavy (non-hydrogen) atoms. The molecule has 0 fully saturated rings. The summed E-state index contributed by atoms with van der Waals surface area (Å²) in [7, 11) is -4.74. The lowest BCUT2D eigenvalue weighted by Crippen LogP contribution is -1.92. The summed E-state index contributed by atoms with van der Waals surface area (Å²) in [5.74, 6) is 0. The Balaban J connectivity index is 2.87. The molecule has 74 valence electrons. The Hall–Kier alpha value is -0.950. The van der Waals surface area contributed by atoms with Crippen molar-refractivity contribution in [3.05, 3.63) is 22.7 Å². The number of hydrogen-bond acceptors (Lipinski definition) is 3. The molecule has 0 spiro atoms. The van der Waals surface area contributed by atoms with Crippen LogP contribution in [0.5, 0.6) is 0 Å². The van der Waals surface area contributed by atoms with Gasteiger partial charge in [-0.1, -0.05) is 19.8 Å².